The zero-order valence-electron chi connectivity index (χ0n) is 6.67. The topological polar surface area (TPSA) is 58.9 Å². The predicted octanol–water partition coefficient (Wildman–Crippen LogP) is 2.03. The number of benzene rings is 1. The molecule has 0 bridgehead atoms. The minimum Gasteiger partial charge on any atom is -0.366 e. The Balaban J connectivity index is 2.67. The van der Waals surface area contributed by atoms with Crippen LogP contribution in [-0.4, -0.2) is 10.9 Å². The number of aromatic amines is 1. The van der Waals surface area contributed by atoms with E-state index in [9.17, 15) is 4.79 Å². The number of nitrogens with one attached hydrogen (secondary N) is 1. The van der Waals surface area contributed by atoms with Crippen LogP contribution < -0.4 is 5.73 Å². The fourth-order valence-corrected chi connectivity index (χ4v) is 1.71. The van der Waals surface area contributed by atoms with Crippen LogP contribution in [-0.2, 0) is 0 Å². The van der Waals surface area contributed by atoms with Crippen molar-refractivity contribution in [2.45, 2.75) is 0 Å². The summed E-state index contributed by atoms with van der Waals surface area (Å²) in [4.78, 5) is 13.9. The molecule has 0 unspecified atom stereocenters. The van der Waals surface area contributed by atoms with Crippen LogP contribution in [0.1, 0.15) is 10.4 Å². The van der Waals surface area contributed by atoms with Gasteiger partial charge in [0.15, 0.2) is 0 Å². The fraction of sp³-hybridized carbons (Fsp3) is 0. The summed E-state index contributed by atoms with van der Waals surface area (Å²) in [7, 11) is 0. The van der Waals surface area contributed by atoms with Crippen LogP contribution >= 0.6 is 15.9 Å². The van der Waals surface area contributed by atoms with E-state index >= 15 is 0 Å². The van der Waals surface area contributed by atoms with E-state index in [4.69, 9.17) is 5.73 Å². The summed E-state index contributed by atoms with van der Waals surface area (Å²) >= 11 is 3.31. The predicted molar refractivity (Wildman–Crippen MR) is 54.5 cm³/mol. The van der Waals surface area contributed by atoms with Crippen molar-refractivity contribution in [3.63, 3.8) is 0 Å². The maximum atomic E-state index is 10.8. The van der Waals surface area contributed by atoms with Crippen LogP contribution in [0.15, 0.2) is 28.9 Å². The number of carbonyl (C=O) groups excluding carboxylic acids is 1. The molecule has 1 aromatic heterocycles. The molecule has 0 saturated heterocycles. The first-order chi connectivity index (χ1) is 6.16. The summed E-state index contributed by atoms with van der Waals surface area (Å²) in [6, 6.07) is 7.25. The Bertz CT molecular complexity index is 475. The highest BCUT2D eigenvalue weighted by Gasteiger charge is 2.03. The average molecular weight is 239 g/mol. The summed E-state index contributed by atoms with van der Waals surface area (Å²) in [5.74, 6) is -0.410. The van der Waals surface area contributed by atoms with Gasteiger partial charge in [-0.3, -0.25) is 4.79 Å². The molecule has 0 aliphatic heterocycles. The van der Waals surface area contributed by atoms with Crippen LogP contribution in [0.2, 0.25) is 0 Å². The van der Waals surface area contributed by atoms with Gasteiger partial charge in [0.05, 0.1) is 4.60 Å². The molecule has 0 atom stereocenters. The normalized spacial score (nSPS) is 10.5. The van der Waals surface area contributed by atoms with Crippen LogP contribution in [0.5, 0.6) is 0 Å². The van der Waals surface area contributed by atoms with E-state index in [-0.39, 0.29) is 0 Å². The maximum absolute atomic E-state index is 10.8. The highest BCUT2D eigenvalue weighted by molar-refractivity contribution is 9.10. The number of hydrogen-bond acceptors (Lipinski definition) is 1. The summed E-state index contributed by atoms with van der Waals surface area (Å²) < 4.78 is 0.893. The van der Waals surface area contributed by atoms with Crippen molar-refractivity contribution in [1.29, 1.82) is 0 Å². The number of amides is 1. The number of halogens is 1. The lowest BCUT2D eigenvalue weighted by Crippen LogP contribution is -2.10. The molecule has 66 valence electrons. The van der Waals surface area contributed by atoms with E-state index in [1.807, 2.05) is 12.1 Å². The molecule has 2 rings (SSSR count). The molecule has 1 heterocycles. The molecule has 3 N–H and O–H groups in total. The van der Waals surface area contributed by atoms with Crippen LogP contribution in [0.4, 0.5) is 0 Å². The lowest BCUT2D eigenvalue weighted by atomic mass is 10.1. The SMILES string of the molecule is NC(=O)c1ccc2cc(Br)[nH]c2c1. The monoisotopic (exact) mass is 238 g/mol. The van der Waals surface area contributed by atoms with E-state index in [0.717, 1.165) is 15.5 Å². The first-order valence-corrected chi connectivity index (χ1v) is 4.54. The van der Waals surface area contributed by atoms with Gasteiger partial charge in [-0.15, -0.1) is 0 Å². The van der Waals surface area contributed by atoms with Gasteiger partial charge in [0.1, 0.15) is 0 Å². The van der Waals surface area contributed by atoms with Gasteiger partial charge in [-0.1, -0.05) is 6.07 Å². The Morgan fingerprint density at radius 1 is 1.38 bits per heavy atom. The van der Waals surface area contributed by atoms with Crippen molar-refractivity contribution >= 4 is 32.7 Å². The third-order valence-corrected chi connectivity index (χ3v) is 2.30. The zero-order valence-corrected chi connectivity index (χ0v) is 8.26. The Kier molecular flexibility index (Phi) is 1.84. The van der Waals surface area contributed by atoms with Crippen LogP contribution in [0.3, 0.4) is 0 Å². The molecule has 0 aliphatic carbocycles. The molecule has 0 fully saturated rings. The summed E-state index contributed by atoms with van der Waals surface area (Å²) in [6.45, 7) is 0. The molecule has 13 heavy (non-hydrogen) atoms. The van der Waals surface area contributed by atoms with E-state index in [2.05, 4.69) is 20.9 Å². The van der Waals surface area contributed by atoms with Crippen molar-refractivity contribution in [2.75, 3.05) is 0 Å². The van der Waals surface area contributed by atoms with Crippen LogP contribution in [0.25, 0.3) is 10.9 Å². The summed E-state index contributed by atoms with van der Waals surface area (Å²) in [6.07, 6.45) is 0. The molecule has 1 aromatic carbocycles. The average Bonchev–Trinajstić information content (AvgIpc) is 2.42. The number of fused-ring (bicyclic) bond motifs is 1. The third kappa shape index (κ3) is 1.45. The molecular weight excluding hydrogens is 232 g/mol. The standard InChI is InChI=1S/C9H7BrN2O/c10-8-4-5-1-2-6(9(11)13)3-7(5)12-8/h1-4,12H,(H2,11,13). The molecule has 0 radical (unpaired) electrons. The lowest BCUT2D eigenvalue weighted by Gasteiger charge is -1.94. The second-order valence-electron chi connectivity index (χ2n) is 2.78. The summed E-state index contributed by atoms with van der Waals surface area (Å²) in [5.41, 5.74) is 6.57. The van der Waals surface area contributed by atoms with Gasteiger partial charge in [-0.25, -0.2) is 0 Å². The zero-order chi connectivity index (χ0) is 9.42. The fourth-order valence-electron chi connectivity index (χ4n) is 1.24. The maximum Gasteiger partial charge on any atom is 0.248 e. The molecule has 4 heteroatoms. The van der Waals surface area contributed by atoms with Crippen molar-refractivity contribution in [3.8, 4) is 0 Å². The number of rotatable bonds is 1. The van der Waals surface area contributed by atoms with Gasteiger partial charge in [-0.05, 0) is 34.1 Å². The molecule has 1 amide bonds. The number of carbonyl (C=O) groups is 1. The van der Waals surface area contributed by atoms with Gasteiger partial charge in [0.2, 0.25) is 5.91 Å². The second-order valence-corrected chi connectivity index (χ2v) is 3.64. The van der Waals surface area contributed by atoms with Gasteiger partial charge in [-0.2, -0.15) is 0 Å². The van der Waals surface area contributed by atoms with Crippen molar-refractivity contribution in [1.82, 2.24) is 4.98 Å². The van der Waals surface area contributed by atoms with Crippen LogP contribution in [0, 0.1) is 0 Å². The van der Waals surface area contributed by atoms with Gasteiger partial charge < -0.3 is 10.7 Å². The number of hydrogen-bond donors (Lipinski definition) is 2. The molecule has 2 aromatic rings. The minimum absolute atomic E-state index is 0.410. The van der Waals surface area contributed by atoms with Gasteiger partial charge in [0.25, 0.3) is 0 Å². The number of H-pyrrole nitrogens is 1. The summed E-state index contributed by atoms with van der Waals surface area (Å²) in [5, 5.41) is 1.05. The van der Waals surface area contributed by atoms with E-state index in [1.54, 1.807) is 12.1 Å². The van der Waals surface area contributed by atoms with Crippen molar-refractivity contribution in [2.24, 2.45) is 5.73 Å². The Labute approximate surface area is 83.1 Å². The first kappa shape index (κ1) is 8.31. The smallest absolute Gasteiger partial charge is 0.248 e. The highest BCUT2D eigenvalue weighted by atomic mass is 79.9. The number of aromatic nitrogens is 1. The highest BCUT2D eigenvalue weighted by Crippen LogP contribution is 2.19. The largest absolute Gasteiger partial charge is 0.366 e. The minimum atomic E-state index is -0.410. The molecule has 0 aliphatic rings. The molecule has 0 saturated carbocycles. The number of primary amides is 1. The number of nitrogens with two attached hydrogens (primary N) is 1. The lowest BCUT2D eigenvalue weighted by molar-refractivity contribution is 0.100. The Morgan fingerprint density at radius 2 is 2.15 bits per heavy atom. The molecule has 3 nitrogen and oxygen atoms in total. The molecular formula is C9H7BrN2O. The second kappa shape index (κ2) is 2.88. The van der Waals surface area contributed by atoms with E-state index < -0.39 is 5.91 Å². The van der Waals surface area contributed by atoms with Gasteiger partial charge >= 0.3 is 0 Å². The van der Waals surface area contributed by atoms with Gasteiger partial charge in [0, 0.05) is 16.5 Å². The Morgan fingerprint density at radius 3 is 2.85 bits per heavy atom. The van der Waals surface area contributed by atoms with E-state index in [0.29, 0.717) is 5.56 Å². The third-order valence-electron chi connectivity index (χ3n) is 1.87. The molecule has 0 spiro atoms. The van der Waals surface area contributed by atoms with Crippen molar-refractivity contribution < 1.29 is 4.79 Å². The Hall–Kier alpha value is -1.29. The quantitative estimate of drug-likeness (QED) is 0.785. The first-order valence-electron chi connectivity index (χ1n) is 3.75. The van der Waals surface area contributed by atoms with Crippen molar-refractivity contribution in [3.05, 3.63) is 34.4 Å². The van der Waals surface area contributed by atoms with E-state index in [1.165, 1.54) is 0 Å².